The predicted octanol–water partition coefficient (Wildman–Crippen LogP) is 4.56. The summed E-state index contributed by atoms with van der Waals surface area (Å²) >= 11 is 0. The number of methoxy groups -OCH3 is 1. The average molecular weight is 358 g/mol. The molecule has 5 rings (SSSR count). The Kier molecular flexibility index (Phi) is 3.72. The molecule has 4 fully saturated rings. The van der Waals surface area contributed by atoms with Gasteiger partial charge < -0.3 is 4.74 Å². The topological polar surface area (TPSA) is 29.5 Å². The number of ether oxygens (including phenoxy) is 1. The van der Waals surface area contributed by atoms with Gasteiger partial charge in [0, 0.05) is 30.0 Å². The Labute approximate surface area is 158 Å². The first-order chi connectivity index (χ1) is 12.5. The molecule has 3 nitrogen and oxygen atoms in total. The molecule has 26 heavy (non-hydrogen) atoms. The van der Waals surface area contributed by atoms with Crippen molar-refractivity contribution in [2.75, 3.05) is 7.11 Å². The van der Waals surface area contributed by atoms with Gasteiger partial charge >= 0.3 is 5.97 Å². The van der Waals surface area contributed by atoms with Crippen molar-refractivity contribution < 1.29 is 9.53 Å². The Morgan fingerprint density at radius 3 is 2.85 bits per heavy atom. The second-order valence-corrected chi connectivity index (χ2v) is 10.3. The number of hydrogen-bond acceptors (Lipinski definition) is 3. The van der Waals surface area contributed by atoms with E-state index in [2.05, 4.69) is 31.7 Å². The quantitative estimate of drug-likeness (QED) is 0.545. The zero-order valence-corrected chi connectivity index (χ0v) is 17.0. The van der Waals surface area contributed by atoms with Gasteiger partial charge in [-0.05, 0) is 68.1 Å². The Bertz CT molecular complexity index is 655. The van der Waals surface area contributed by atoms with Crippen LogP contribution in [0.1, 0.15) is 72.1 Å². The number of piperidine rings is 1. The van der Waals surface area contributed by atoms with Gasteiger partial charge in [-0.3, -0.25) is 9.69 Å². The van der Waals surface area contributed by atoms with Crippen LogP contribution in [0.3, 0.4) is 0 Å². The number of hydrogen-bond donors (Lipinski definition) is 0. The highest BCUT2D eigenvalue weighted by Crippen LogP contribution is 2.76. The highest BCUT2D eigenvalue weighted by atomic mass is 16.5. The molecule has 0 amide bonds. The van der Waals surface area contributed by atoms with E-state index in [1.54, 1.807) is 12.7 Å². The molecule has 0 radical (unpaired) electrons. The van der Waals surface area contributed by atoms with E-state index in [-0.39, 0.29) is 11.4 Å². The van der Waals surface area contributed by atoms with Gasteiger partial charge in [0.25, 0.3) is 0 Å². The van der Waals surface area contributed by atoms with Crippen LogP contribution in [0.25, 0.3) is 0 Å². The van der Waals surface area contributed by atoms with Gasteiger partial charge in [-0.1, -0.05) is 32.4 Å². The molecule has 0 aromatic carbocycles. The molecule has 4 bridgehead atoms. The zero-order valence-electron chi connectivity index (χ0n) is 17.0. The van der Waals surface area contributed by atoms with Crippen LogP contribution in [0.15, 0.2) is 11.6 Å². The summed E-state index contributed by atoms with van der Waals surface area (Å²) in [6.07, 6.45) is 12.3. The number of fused-ring (bicyclic) bond motifs is 3. The van der Waals surface area contributed by atoms with Gasteiger partial charge in [0.15, 0.2) is 0 Å². The second-order valence-electron chi connectivity index (χ2n) is 10.3. The van der Waals surface area contributed by atoms with Crippen molar-refractivity contribution >= 4 is 5.97 Å². The first-order valence-electron chi connectivity index (χ1n) is 11.0. The van der Waals surface area contributed by atoms with E-state index in [1.165, 1.54) is 38.5 Å². The molecule has 3 heteroatoms. The van der Waals surface area contributed by atoms with Crippen LogP contribution in [0, 0.1) is 28.6 Å². The van der Waals surface area contributed by atoms with Gasteiger partial charge in [0.05, 0.1) is 7.11 Å². The fraction of sp³-hybridized carbons (Fsp3) is 0.870. The van der Waals surface area contributed by atoms with Crippen molar-refractivity contribution in [3.8, 4) is 0 Å². The fourth-order valence-electron chi connectivity index (χ4n) is 8.72. The Hall–Kier alpha value is -0.830. The molecule has 0 aromatic rings. The average Bonchev–Trinajstić information content (AvgIpc) is 3.27. The summed E-state index contributed by atoms with van der Waals surface area (Å²) in [6, 6.07) is 2.14. The minimum absolute atomic E-state index is 0.0140. The van der Waals surface area contributed by atoms with Gasteiger partial charge in [0.1, 0.15) is 0 Å². The molecule has 2 aliphatic carbocycles. The molecule has 1 saturated carbocycles. The lowest BCUT2D eigenvalue weighted by Crippen LogP contribution is -2.62. The van der Waals surface area contributed by atoms with Crippen molar-refractivity contribution in [3.63, 3.8) is 0 Å². The third-order valence-electron chi connectivity index (χ3n) is 9.55. The first kappa shape index (κ1) is 17.3. The Morgan fingerprint density at radius 2 is 2.12 bits per heavy atom. The van der Waals surface area contributed by atoms with Gasteiger partial charge in [-0.2, -0.15) is 0 Å². The predicted molar refractivity (Wildman–Crippen MR) is 103 cm³/mol. The maximum absolute atomic E-state index is 12.2. The van der Waals surface area contributed by atoms with Crippen LogP contribution < -0.4 is 0 Å². The molecular formula is C23H35NO2. The monoisotopic (exact) mass is 357 g/mol. The van der Waals surface area contributed by atoms with E-state index in [9.17, 15) is 4.79 Å². The standard InChI is InChI=1S/C23H35NO2/c1-14(2)15-10-12-22(3)19-9-8-18-16-6-5-7-17(16)23(22,21(15)24(18)19)13-11-20(25)26-4/h6,14-15,17-19,21H,5,7-13H2,1-4H3/t15-,17-,18-,19?,21-,22+,23+/m1/s1. The Balaban J connectivity index is 1.66. The highest BCUT2D eigenvalue weighted by molar-refractivity contribution is 5.69. The summed E-state index contributed by atoms with van der Waals surface area (Å²) in [5, 5.41) is 0. The molecule has 3 heterocycles. The molecule has 1 unspecified atom stereocenters. The van der Waals surface area contributed by atoms with Crippen molar-refractivity contribution in [1.82, 2.24) is 4.90 Å². The number of allylic oxidation sites excluding steroid dienone is 1. The zero-order chi connectivity index (χ0) is 18.3. The van der Waals surface area contributed by atoms with Crippen LogP contribution in [0.2, 0.25) is 0 Å². The molecule has 144 valence electrons. The second kappa shape index (κ2) is 5.59. The van der Waals surface area contributed by atoms with E-state index >= 15 is 0 Å². The SMILES string of the molecule is COC(=O)CC[C@]12[C@@H]3CCC=C3[C@H]3CCC4N3[C@@H]1[C@@H](C(C)C)CC[C@@]42C. The number of nitrogens with zero attached hydrogens (tertiary/aromatic N) is 1. The van der Waals surface area contributed by atoms with E-state index < -0.39 is 0 Å². The summed E-state index contributed by atoms with van der Waals surface area (Å²) in [4.78, 5) is 15.2. The molecule has 3 aliphatic heterocycles. The van der Waals surface area contributed by atoms with E-state index in [0.717, 1.165) is 30.2 Å². The first-order valence-corrected chi connectivity index (χ1v) is 11.0. The molecule has 0 spiro atoms. The van der Waals surface area contributed by atoms with Gasteiger partial charge in [-0.25, -0.2) is 0 Å². The summed E-state index contributed by atoms with van der Waals surface area (Å²) in [5.41, 5.74) is 2.43. The van der Waals surface area contributed by atoms with E-state index in [4.69, 9.17) is 4.74 Å². The van der Waals surface area contributed by atoms with Crippen LogP contribution in [0.4, 0.5) is 0 Å². The van der Waals surface area contributed by atoms with Crippen LogP contribution in [-0.4, -0.2) is 36.1 Å². The molecule has 5 aliphatic rings. The number of esters is 1. The van der Waals surface area contributed by atoms with Crippen molar-refractivity contribution in [3.05, 3.63) is 11.6 Å². The summed E-state index contributed by atoms with van der Waals surface area (Å²) in [6.45, 7) is 7.48. The van der Waals surface area contributed by atoms with Gasteiger partial charge in [0.2, 0.25) is 0 Å². The normalized spacial score (nSPS) is 48.7. The van der Waals surface area contributed by atoms with E-state index in [1.807, 2.05) is 0 Å². The number of carbonyl (C=O) groups is 1. The smallest absolute Gasteiger partial charge is 0.305 e. The maximum atomic E-state index is 12.2. The third-order valence-corrected chi connectivity index (χ3v) is 9.55. The van der Waals surface area contributed by atoms with Crippen LogP contribution in [0.5, 0.6) is 0 Å². The molecule has 7 atom stereocenters. The summed E-state index contributed by atoms with van der Waals surface area (Å²) in [5.74, 6) is 2.22. The molecule has 3 saturated heterocycles. The third kappa shape index (κ3) is 1.82. The molecular weight excluding hydrogens is 322 g/mol. The van der Waals surface area contributed by atoms with Crippen molar-refractivity contribution in [1.29, 1.82) is 0 Å². The van der Waals surface area contributed by atoms with Crippen LogP contribution in [-0.2, 0) is 9.53 Å². The largest absolute Gasteiger partial charge is 0.469 e. The Morgan fingerprint density at radius 1 is 1.31 bits per heavy atom. The lowest BCUT2D eigenvalue weighted by Gasteiger charge is -2.61. The fourth-order valence-corrected chi connectivity index (χ4v) is 8.72. The summed E-state index contributed by atoms with van der Waals surface area (Å²) < 4.78 is 5.08. The lowest BCUT2D eigenvalue weighted by atomic mass is 9.44. The maximum Gasteiger partial charge on any atom is 0.305 e. The highest BCUT2D eigenvalue weighted by Gasteiger charge is 2.76. The molecule has 0 aromatic heterocycles. The van der Waals surface area contributed by atoms with Crippen molar-refractivity contribution in [2.45, 2.75) is 90.3 Å². The van der Waals surface area contributed by atoms with Crippen molar-refractivity contribution in [2.24, 2.45) is 28.6 Å². The summed E-state index contributed by atoms with van der Waals surface area (Å²) in [7, 11) is 1.55. The minimum Gasteiger partial charge on any atom is -0.469 e. The minimum atomic E-state index is -0.0140. The number of rotatable bonds is 4. The number of carbonyl (C=O) groups excluding carboxylic acids is 1. The lowest BCUT2D eigenvalue weighted by molar-refractivity contribution is -0.144. The van der Waals surface area contributed by atoms with E-state index in [0.29, 0.717) is 23.9 Å². The van der Waals surface area contributed by atoms with Crippen LogP contribution >= 0.6 is 0 Å². The molecule has 0 N–H and O–H groups in total. The van der Waals surface area contributed by atoms with Gasteiger partial charge in [-0.15, -0.1) is 0 Å².